The van der Waals surface area contributed by atoms with E-state index in [1.54, 1.807) is 0 Å². The largest absolute Gasteiger partial charge is 0.490 e. The summed E-state index contributed by atoms with van der Waals surface area (Å²) in [5.41, 5.74) is 2.01. The molecule has 0 amide bonds. The Morgan fingerprint density at radius 2 is 1.75 bits per heavy atom. The number of hydrogen-bond donors (Lipinski definition) is 5. The molecule has 0 bridgehead atoms. The van der Waals surface area contributed by atoms with Crippen LogP contribution in [0.1, 0.15) is 13.8 Å². The lowest BCUT2D eigenvalue weighted by molar-refractivity contribution is -0.134. The number of ether oxygens (including phenoxy) is 1. The number of carbonyl (C=O) groups is 2. The van der Waals surface area contributed by atoms with Gasteiger partial charge in [-0.25, -0.2) is 9.59 Å². The lowest BCUT2D eigenvalue weighted by atomic mass is 10.1. The lowest BCUT2D eigenvalue weighted by Gasteiger charge is -2.16. The molecule has 0 saturated carbocycles. The van der Waals surface area contributed by atoms with Crippen molar-refractivity contribution in [1.82, 2.24) is 10.3 Å². The number of aliphatic hydroxyl groups is 1. The number of aliphatic hydroxyl groups excluding tert-OH is 1. The monoisotopic (exact) mass is 390 g/mol. The van der Waals surface area contributed by atoms with Crippen LogP contribution in [0.15, 0.2) is 54.7 Å². The SMILES string of the molecule is CC(C)NCC(O)COc1ccccc1-c1ccc[nH]1.O=C(O)/C=C/C(=O)O. The number of hydrogen-bond acceptors (Lipinski definition) is 5. The Morgan fingerprint density at radius 3 is 2.29 bits per heavy atom. The van der Waals surface area contributed by atoms with Gasteiger partial charge in [-0.05, 0) is 24.3 Å². The van der Waals surface area contributed by atoms with E-state index in [-0.39, 0.29) is 6.61 Å². The molecule has 152 valence electrons. The van der Waals surface area contributed by atoms with Crippen molar-refractivity contribution in [1.29, 1.82) is 0 Å². The van der Waals surface area contributed by atoms with Gasteiger partial charge in [0.15, 0.2) is 0 Å². The van der Waals surface area contributed by atoms with E-state index in [9.17, 15) is 14.7 Å². The van der Waals surface area contributed by atoms with Crippen LogP contribution in [0.5, 0.6) is 5.75 Å². The Bertz CT molecular complexity index is 740. The second kappa shape index (κ2) is 12.3. The van der Waals surface area contributed by atoms with Crippen molar-refractivity contribution in [3.8, 4) is 17.0 Å². The summed E-state index contributed by atoms with van der Waals surface area (Å²) in [5.74, 6) is -1.74. The summed E-state index contributed by atoms with van der Waals surface area (Å²) in [6, 6.07) is 12.1. The number of aromatic amines is 1. The second-order valence-corrected chi connectivity index (χ2v) is 6.12. The number of carboxylic acid groups (broad SMARTS) is 2. The maximum absolute atomic E-state index is 9.89. The molecule has 5 N–H and O–H groups in total. The minimum absolute atomic E-state index is 0.275. The minimum Gasteiger partial charge on any atom is -0.490 e. The average molecular weight is 390 g/mol. The molecule has 1 unspecified atom stereocenters. The molecular weight excluding hydrogens is 364 g/mol. The molecule has 0 radical (unpaired) electrons. The fourth-order valence-corrected chi connectivity index (χ4v) is 2.07. The molecule has 28 heavy (non-hydrogen) atoms. The second-order valence-electron chi connectivity index (χ2n) is 6.12. The van der Waals surface area contributed by atoms with Gasteiger partial charge in [-0.3, -0.25) is 0 Å². The first-order chi connectivity index (χ1) is 13.3. The van der Waals surface area contributed by atoms with E-state index >= 15 is 0 Å². The van der Waals surface area contributed by atoms with Gasteiger partial charge in [0.25, 0.3) is 0 Å². The van der Waals surface area contributed by atoms with Crippen molar-refractivity contribution in [3.63, 3.8) is 0 Å². The maximum Gasteiger partial charge on any atom is 0.328 e. The molecule has 8 heteroatoms. The zero-order valence-corrected chi connectivity index (χ0v) is 15.8. The van der Waals surface area contributed by atoms with Gasteiger partial charge in [-0.2, -0.15) is 0 Å². The van der Waals surface area contributed by atoms with Crippen LogP contribution in [0.2, 0.25) is 0 Å². The van der Waals surface area contributed by atoms with Crippen LogP contribution >= 0.6 is 0 Å². The molecule has 1 aromatic heterocycles. The summed E-state index contributed by atoms with van der Waals surface area (Å²) in [6.45, 7) is 4.90. The predicted octanol–water partition coefficient (Wildman–Crippen LogP) is 2.13. The molecule has 1 atom stereocenters. The molecule has 8 nitrogen and oxygen atoms in total. The highest BCUT2D eigenvalue weighted by atomic mass is 16.5. The van der Waals surface area contributed by atoms with Crippen LogP contribution in [0.3, 0.4) is 0 Å². The fraction of sp³-hybridized carbons (Fsp3) is 0.300. The van der Waals surface area contributed by atoms with Crippen LogP contribution in [-0.4, -0.2) is 57.5 Å². The quantitative estimate of drug-likeness (QED) is 0.414. The van der Waals surface area contributed by atoms with Crippen LogP contribution in [0.4, 0.5) is 0 Å². The zero-order valence-electron chi connectivity index (χ0n) is 15.8. The van der Waals surface area contributed by atoms with Crippen LogP contribution in [0.25, 0.3) is 11.3 Å². The van der Waals surface area contributed by atoms with E-state index in [1.165, 1.54) is 0 Å². The number of aliphatic carboxylic acids is 2. The Kier molecular flexibility index (Phi) is 10.1. The van der Waals surface area contributed by atoms with Crippen molar-refractivity contribution in [3.05, 3.63) is 54.7 Å². The van der Waals surface area contributed by atoms with E-state index in [2.05, 4.69) is 10.3 Å². The number of carboxylic acids is 2. The highest BCUT2D eigenvalue weighted by molar-refractivity contribution is 5.89. The molecule has 0 spiro atoms. The summed E-state index contributed by atoms with van der Waals surface area (Å²) in [5, 5.41) is 28.7. The highest BCUT2D eigenvalue weighted by Crippen LogP contribution is 2.28. The Labute approximate surface area is 163 Å². The molecule has 0 aliphatic heterocycles. The number of H-pyrrole nitrogens is 1. The third-order valence-electron chi connectivity index (χ3n) is 3.34. The van der Waals surface area contributed by atoms with Crippen molar-refractivity contribution in [2.75, 3.05) is 13.2 Å². The predicted molar refractivity (Wildman–Crippen MR) is 105 cm³/mol. The number of para-hydroxylation sites is 1. The van der Waals surface area contributed by atoms with Gasteiger partial charge in [-0.15, -0.1) is 0 Å². The van der Waals surface area contributed by atoms with E-state index in [0.717, 1.165) is 17.0 Å². The van der Waals surface area contributed by atoms with E-state index < -0.39 is 18.0 Å². The van der Waals surface area contributed by atoms with Gasteiger partial charge < -0.3 is 30.4 Å². The number of benzene rings is 1. The third kappa shape index (κ3) is 9.56. The molecule has 2 aromatic rings. The van der Waals surface area contributed by atoms with E-state index in [4.69, 9.17) is 14.9 Å². The Hall–Kier alpha value is -3.10. The van der Waals surface area contributed by atoms with Gasteiger partial charge in [0.2, 0.25) is 0 Å². The minimum atomic E-state index is -1.26. The van der Waals surface area contributed by atoms with Crippen LogP contribution in [-0.2, 0) is 9.59 Å². The first kappa shape index (κ1) is 22.9. The van der Waals surface area contributed by atoms with Crippen LogP contribution in [0, 0.1) is 0 Å². The van der Waals surface area contributed by atoms with Gasteiger partial charge in [-0.1, -0.05) is 26.0 Å². The summed E-state index contributed by atoms with van der Waals surface area (Å²) >= 11 is 0. The number of rotatable bonds is 9. The molecule has 0 aliphatic rings. The van der Waals surface area contributed by atoms with Gasteiger partial charge in [0.05, 0.1) is 0 Å². The average Bonchev–Trinajstić information content (AvgIpc) is 3.18. The molecular formula is C20H26N2O6. The Balaban J connectivity index is 0.000000416. The summed E-state index contributed by atoms with van der Waals surface area (Å²) in [7, 11) is 0. The normalized spacial score (nSPS) is 11.7. The first-order valence-corrected chi connectivity index (χ1v) is 8.70. The third-order valence-corrected chi connectivity index (χ3v) is 3.34. The summed E-state index contributed by atoms with van der Waals surface area (Å²) in [4.78, 5) is 22.3. The fourth-order valence-electron chi connectivity index (χ4n) is 2.07. The van der Waals surface area contributed by atoms with Crippen molar-refractivity contribution in [2.24, 2.45) is 0 Å². The molecule has 0 fully saturated rings. The molecule has 0 aliphatic carbocycles. The molecule has 0 saturated heterocycles. The highest BCUT2D eigenvalue weighted by Gasteiger charge is 2.10. The van der Waals surface area contributed by atoms with Crippen LogP contribution < -0.4 is 10.1 Å². The Morgan fingerprint density at radius 1 is 1.11 bits per heavy atom. The standard InChI is InChI=1S/C16H22N2O2.C4H4O4/c1-12(2)18-10-13(19)11-20-16-8-4-3-6-14(16)15-7-5-9-17-15;5-3(6)1-2-4(7)8/h3-9,12-13,17-19H,10-11H2,1-2H3;1-2H,(H,5,6)(H,7,8)/b;2-1+. The zero-order chi connectivity index (χ0) is 20.9. The topological polar surface area (TPSA) is 132 Å². The lowest BCUT2D eigenvalue weighted by Crippen LogP contribution is -2.35. The van der Waals surface area contributed by atoms with Crippen molar-refractivity contribution < 1.29 is 29.6 Å². The van der Waals surface area contributed by atoms with Gasteiger partial charge in [0, 0.05) is 42.2 Å². The maximum atomic E-state index is 9.89. The molecule has 1 aromatic carbocycles. The smallest absolute Gasteiger partial charge is 0.328 e. The van der Waals surface area contributed by atoms with Crippen molar-refractivity contribution >= 4 is 11.9 Å². The van der Waals surface area contributed by atoms with E-state index in [1.807, 2.05) is 56.4 Å². The summed E-state index contributed by atoms with van der Waals surface area (Å²) in [6.07, 6.45) is 2.48. The van der Waals surface area contributed by atoms with Gasteiger partial charge >= 0.3 is 11.9 Å². The number of aromatic nitrogens is 1. The molecule has 1 heterocycles. The summed E-state index contributed by atoms with van der Waals surface area (Å²) < 4.78 is 5.75. The number of nitrogens with one attached hydrogen (secondary N) is 2. The molecule has 2 rings (SSSR count). The van der Waals surface area contributed by atoms with Gasteiger partial charge in [0.1, 0.15) is 18.5 Å². The van der Waals surface area contributed by atoms with E-state index in [0.29, 0.717) is 24.7 Å². The van der Waals surface area contributed by atoms with Crippen molar-refractivity contribution in [2.45, 2.75) is 26.0 Å². The first-order valence-electron chi connectivity index (χ1n) is 8.70.